The van der Waals surface area contributed by atoms with Gasteiger partial charge in [-0.15, -0.1) is 11.3 Å². The van der Waals surface area contributed by atoms with Gasteiger partial charge in [0.25, 0.3) is 0 Å². The first-order chi connectivity index (χ1) is 11.3. The van der Waals surface area contributed by atoms with Gasteiger partial charge in [-0.05, 0) is 11.0 Å². The summed E-state index contributed by atoms with van der Waals surface area (Å²) in [4.78, 5) is 27.1. The van der Waals surface area contributed by atoms with Gasteiger partial charge >= 0.3 is 6.09 Å². The summed E-state index contributed by atoms with van der Waals surface area (Å²) in [6.45, 7) is 6.34. The summed E-state index contributed by atoms with van der Waals surface area (Å²) in [6.07, 6.45) is -0.649. The minimum Gasteiger partial charge on any atom is -0.453 e. The molecule has 24 heavy (non-hydrogen) atoms. The highest BCUT2D eigenvalue weighted by molar-refractivity contribution is 7.14. The molecule has 0 unspecified atom stereocenters. The number of amides is 2. The molecule has 0 saturated heterocycles. The minimum absolute atomic E-state index is 0.104. The molecule has 2 aromatic rings. The van der Waals surface area contributed by atoms with Crippen LogP contribution >= 0.6 is 11.3 Å². The predicted octanol–water partition coefficient (Wildman–Crippen LogP) is 3.40. The predicted molar refractivity (Wildman–Crippen MR) is 95.3 cm³/mol. The molecule has 1 aromatic heterocycles. The SMILES string of the molecule is COC(=O)NCC(=O)Nc1nc(-c2ccc(C(C)(C)C)cc2)cs1. The van der Waals surface area contributed by atoms with Crippen molar-refractivity contribution in [3.8, 4) is 11.3 Å². The standard InChI is InChI=1S/C17H21N3O3S/c1-17(2,3)12-7-5-11(6-8-12)13-10-24-15(19-13)20-14(21)9-18-16(22)23-4/h5-8,10H,9H2,1-4H3,(H,18,22)(H,19,20,21). The Kier molecular flexibility index (Phi) is 5.56. The zero-order valence-electron chi connectivity index (χ0n) is 14.2. The number of ether oxygens (including phenoxy) is 1. The molecular weight excluding hydrogens is 326 g/mol. The lowest BCUT2D eigenvalue weighted by atomic mass is 9.86. The molecule has 0 fully saturated rings. The number of anilines is 1. The van der Waals surface area contributed by atoms with Crippen LogP contribution in [0.2, 0.25) is 0 Å². The molecule has 0 bridgehead atoms. The van der Waals surface area contributed by atoms with E-state index in [-0.39, 0.29) is 17.9 Å². The molecule has 0 atom stereocenters. The molecule has 7 heteroatoms. The number of methoxy groups -OCH3 is 1. The van der Waals surface area contributed by atoms with Gasteiger partial charge in [-0.25, -0.2) is 9.78 Å². The Morgan fingerprint density at radius 1 is 1.21 bits per heavy atom. The van der Waals surface area contributed by atoms with Crippen molar-refractivity contribution in [3.05, 3.63) is 35.2 Å². The molecule has 0 aliphatic heterocycles. The molecule has 0 aliphatic rings. The van der Waals surface area contributed by atoms with E-state index in [9.17, 15) is 9.59 Å². The Morgan fingerprint density at radius 2 is 1.88 bits per heavy atom. The van der Waals surface area contributed by atoms with Crippen molar-refractivity contribution < 1.29 is 14.3 Å². The van der Waals surface area contributed by atoms with Gasteiger partial charge < -0.3 is 15.4 Å². The van der Waals surface area contributed by atoms with Crippen molar-refractivity contribution >= 4 is 28.5 Å². The highest BCUT2D eigenvalue weighted by Gasteiger charge is 2.14. The van der Waals surface area contributed by atoms with Crippen LogP contribution in [-0.2, 0) is 14.9 Å². The first kappa shape index (κ1) is 17.9. The smallest absolute Gasteiger partial charge is 0.407 e. The minimum atomic E-state index is -0.649. The highest BCUT2D eigenvalue weighted by Crippen LogP contribution is 2.28. The number of benzene rings is 1. The van der Waals surface area contributed by atoms with Gasteiger partial charge in [-0.1, -0.05) is 45.0 Å². The van der Waals surface area contributed by atoms with Crippen LogP contribution in [0.4, 0.5) is 9.93 Å². The van der Waals surface area contributed by atoms with Gasteiger partial charge in [0.05, 0.1) is 12.8 Å². The lowest BCUT2D eigenvalue weighted by Crippen LogP contribution is -2.32. The van der Waals surface area contributed by atoms with E-state index >= 15 is 0 Å². The van der Waals surface area contributed by atoms with Crippen molar-refractivity contribution in [2.45, 2.75) is 26.2 Å². The molecule has 1 aromatic carbocycles. The van der Waals surface area contributed by atoms with Crippen LogP contribution in [0.3, 0.4) is 0 Å². The van der Waals surface area contributed by atoms with Crippen molar-refractivity contribution in [1.82, 2.24) is 10.3 Å². The fraction of sp³-hybridized carbons (Fsp3) is 0.353. The van der Waals surface area contributed by atoms with Crippen LogP contribution < -0.4 is 10.6 Å². The molecule has 0 spiro atoms. The number of alkyl carbamates (subject to hydrolysis) is 1. The molecule has 0 radical (unpaired) electrons. The van der Waals surface area contributed by atoms with E-state index in [1.54, 1.807) is 0 Å². The second kappa shape index (κ2) is 7.44. The van der Waals surface area contributed by atoms with E-state index in [2.05, 4.69) is 53.3 Å². The van der Waals surface area contributed by atoms with Gasteiger partial charge in [0.1, 0.15) is 6.54 Å². The Morgan fingerprint density at radius 3 is 2.46 bits per heavy atom. The summed E-state index contributed by atoms with van der Waals surface area (Å²) in [5.74, 6) is -0.357. The number of thiazole rings is 1. The monoisotopic (exact) mass is 347 g/mol. The van der Waals surface area contributed by atoms with Crippen LogP contribution in [0.5, 0.6) is 0 Å². The van der Waals surface area contributed by atoms with Gasteiger partial charge in [0.15, 0.2) is 5.13 Å². The van der Waals surface area contributed by atoms with Gasteiger partial charge in [-0.2, -0.15) is 0 Å². The van der Waals surface area contributed by atoms with Crippen molar-refractivity contribution in [1.29, 1.82) is 0 Å². The Balaban J connectivity index is 2.00. The maximum absolute atomic E-state index is 11.7. The number of carbonyl (C=O) groups excluding carboxylic acids is 2. The third kappa shape index (κ3) is 4.79. The fourth-order valence-electron chi connectivity index (χ4n) is 1.99. The molecule has 0 saturated carbocycles. The van der Waals surface area contributed by atoms with Gasteiger partial charge in [0, 0.05) is 10.9 Å². The lowest BCUT2D eigenvalue weighted by molar-refractivity contribution is -0.115. The molecule has 128 valence electrons. The highest BCUT2D eigenvalue weighted by atomic mass is 32.1. The molecule has 0 aliphatic carbocycles. The topological polar surface area (TPSA) is 80.3 Å². The van der Waals surface area contributed by atoms with Gasteiger partial charge in [0.2, 0.25) is 5.91 Å². The molecule has 2 amide bonds. The zero-order chi connectivity index (χ0) is 17.7. The van der Waals surface area contributed by atoms with Gasteiger partial charge in [-0.3, -0.25) is 4.79 Å². The number of nitrogens with one attached hydrogen (secondary N) is 2. The van der Waals surface area contributed by atoms with Crippen LogP contribution in [-0.4, -0.2) is 30.6 Å². The number of nitrogens with zero attached hydrogens (tertiary/aromatic N) is 1. The third-order valence-corrected chi connectivity index (χ3v) is 4.13. The van der Waals surface area contributed by atoms with Crippen molar-refractivity contribution in [3.63, 3.8) is 0 Å². The number of hydrogen-bond acceptors (Lipinski definition) is 5. The van der Waals surface area contributed by atoms with Crippen LogP contribution in [0.1, 0.15) is 26.3 Å². The lowest BCUT2D eigenvalue weighted by Gasteiger charge is -2.18. The maximum atomic E-state index is 11.7. The number of aromatic nitrogens is 1. The number of rotatable bonds is 4. The van der Waals surface area contributed by atoms with E-state index < -0.39 is 6.09 Å². The summed E-state index contributed by atoms with van der Waals surface area (Å²) < 4.78 is 4.40. The summed E-state index contributed by atoms with van der Waals surface area (Å²) in [5.41, 5.74) is 3.15. The Labute approximate surface area is 145 Å². The average Bonchev–Trinajstić information content (AvgIpc) is 3.00. The van der Waals surface area contributed by atoms with E-state index in [1.807, 2.05) is 17.5 Å². The quantitative estimate of drug-likeness (QED) is 0.888. The summed E-state index contributed by atoms with van der Waals surface area (Å²) in [6, 6.07) is 8.24. The maximum Gasteiger partial charge on any atom is 0.407 e. The molecular formula is C17H21N3O3S. The zero-order valence-corrected chi connectivity index (χ0v) is 15.0. The van der Waals surface area contributed by atoms with Crippen LogP contribution in [0.25, 0.3) is 11.3 Å². The molecule has 6 nitrogen and oxygen atoms in total. The fourth-order valence-corrected chi connectivity index (χ4v) is 2.73. The second-order valence-corrected chi connectivity index (χ2v) is 7.12. The van der Waals surface area contributed by atoms with E-state index in [4.69, 9.17) is 0 Å². The Hall–Kier alpha value is -2.41. The molecule has 2 N–H and O–H groups in total. The number of hydrogen-bond donors (Lipinski definition) is 2. The van der Waals surface area contributed by atoms with E-state index in [1.165, 1.54) is 24.0 Å². The number of carbonyl (C=O) groups is 2. The van der Waals surface area contributed by atoms with Crippen molar-refractivity contribution in [2.24, 2.45) is 0 Å². The normalized spacial score (nSPS) is 11.0. The van der Waals surface area contributed by atoms with E-state index in [0.29, 0.717) is 5.13 Å². The van der Waals surface area contributed by atoms with Crippen molar-refractivity contribution in [2.75, 3.05) is 19.0 Å². The van der Waals surface area contributed by atoms with Crippen LogP contribution in [0, 0.1) is 0 Å². The summed E-state index contributed by atoms with van der Waals surface area (Å²) in [7, 11) is 1.24. The summed E-state index contributed by atoms with van der Waals surface area (Å²) in [5, 5.41) is 7.33. The largest absolute Gasteiger partial charge is 0.453 e. The first-order valence-corrected chi connectivity index (χ1v) is 8.35. The second-order valence-electron chi connectivity index (χ2n) is 6.26. The molecule has 2 rings (SSSR count). The van der Waals surface area contributed by atoms with Crippen LogP contribution in [0.15, 0.2) is 29.6 Å². The molecule has 1 heterocycles. The van der Waals surface area contributed by atoms with E-state index in [0.717, 1.165) is 11.3 Å². The summed E-state index contributed by atoms with van der Waals surface area (Å²) >= 11 is 1.34. The first-order valence-electron chi connectivity index (χ1n) is 7.47. The Bertz CT molecular complexity index is 717. The average molecular weight is 347 g/mol. The third-order valence-electron chi connectivity index (χ3n) is 3.38.